The van der Waals surface area contributed by atoms with Crippen molar-refractivity contribution in [1.82, 2.24) is 0 Å². The number of benzene rings is 1. The Bertz CT molecular complexity index is 608. The Morgan fingerprint density at radius 1 is 1.39 bits per heavy atom. The van der Waals surface area contributed by atoms with Gasteiger partial charge in [-0.05, 0) is 35.4 Å². The summed E-state index contributed by atoms with van der Waals surface area (Å²) in [6, 6.07) is 7.16. The van der Waals surface area contributed by atoms with Gasteiger partial charge < -0.3 is 9.73 Å². The van der Waals surface area contributed by atoms with E-state index in [2.05, 4.69) is 5.32 Å². The van der Waals surface area contributed by atoms with Crippen LogP contribution in [0.2, 0.25) is 5.02 Å². The molecule has 1 N–H and O–H groups in total. The fourth-order valence-electron chi connectivity index (χ4n) is 2.05. The van der Waals surface area contributed by atoms with E-state index in [4.69, 9.17) is 27.6 Å². The van der Waals surface area contributed by atoms with E-state index in [1.165, 1.54) is 0 Å². The lowest BCUT2D eigenvalue weighted by Crippen LogP contribution is -2.03. The minimum atomic E-state index is -0.450. The highest BCUT2D eigenvalue weighted by Gasteiger charge is 2.23. The second-order valence-electron chi connectivity index (χ2n) is 4.13. The van der Waals surface area contributed by atoms with Crippen molar-refractivity contribution in [3.63, 3.8) is 0 Å². The number of alkyl halides is 1. The van der Waals surface area contributed by atoms with E-state index < -0.39 is 5.38 Å². The van der Waals surface area contributed by atoms with Gasteiger partial charge in [0.05, 0.1) is 12.7 Å². The fraction of sp³-hybridized carbons (Fsp3) is 0.154. The molecule has 0 bridgehead atoms. The predicted octanol–water partition coefficient (Wildman–Crippen LogP) is 3.76. The molecule has 0 fully saturated rings. The first-order valence-electron chi connectivity index (χ1n) is 5.45. The van der Waals surface area contributed by atoms with Crippen LogP contribution in [0.4, 0.5) is 5.69 Å². The minimum Gasteiger partial charge on any atom is -0.467 e. The molecule has 0 saturated heterocycles. The van der Waals surface area contributed by atoms with Crippen LogP contribution in [-0.4, -0.2) is 5.91 Å². The molecule has 18 heavy (non-hydrogen) atoms. The van der Waals surface area contributed by atoms with Crippen molar-refractivity contribution in [3.05, 3.63) is 52.4 Å². The Kier molecular flexibility index (Phi) is 2.80. The van der Waals surface area contributed by atoms with Crippen LogP contribution in [0.1, 0.15) is 22.3 Å². The van der Waals surface area contributed by atoms with Gasteiger partial charge in [0.15, 0.2) is 0 Å². The summed E-state index contributed by atoms with van der Waals surface area (Å²) in [5, 5.41) is 2.82. The van der Waals surface area contributed by atoms with E-state index >= 15 is 0 Å². The molecule has 3 nitrogen and oxygen atoms in total. The summed E-state index contributed by atoms with van der Waals surface area (Å²) >= 11 is 12.5. The molecule has 1 aromatic heterocycles. The van der Waals surface area contributed by atoms with Gasteiger partial charge in [0.2, 0.25) is 5.91 Å². The number of furan rings is 1. The zero-order chi connectivity index (χ0) is 12.7. The van der Waals surface area contributed by atoms with Crippen LogP contribution in [0.5, 0.6) is 0 Å². The van der Waals surface area contributed by atoms with Crippen LogP contribution in [0.25, 0.3) is 0 Å². The topological polar surface area (TPSA) is 42.2 Å². The zero-order valence-electron chi connectivity index (χ0n) is 9.24. The summed E-state index contributed by atoms with van der Waals surface area (Å²) in [7, 11) is 0. The maximum Gasteiger partial charge on any atom is 0.228 e. The van der Waals surface area contributed by atoms with E-state index in [1.54, 1.807) is 24.5 Å². The lowest BCUT2D eigenvalue weighted by Gasteiger charge is -2.11. The van der Waals surface area contributed by atoms with Gasteiger partial charge in [0, 0.05) is 10.7 Å². The number of carbonyl (C=O) groups excluding carboxylic acids is 1. The monoisotopic (exact) mass is 281 g/mol. The van der Waals surface area contributed by atoms with Crippen molar-refractivity contribution < 1.29 is 9.21 Å². The maximum atomic E-state index is 11.3. The number of fused-ring (bicyclic) bond motifs is 1. The highest BCUT2D eigenvalue weighted by atomic mass is 35.5. The summed E-state index contributed by atoms with van der Waals surface area (Å²) in [4.78, 5) is 11.3. The molecule has 1 aliphatic rings. The average Bonchev–Trinajstić information content (AvgIpc) is 2.94. The van der Waals surface area contributed by atoms with E-state index in [0.717, 1.165) is 16.8 Å². The number of halogens is 2. The van der Waals surface area contributed by atoms with Crippen LogP contribution < -0.4 is 5.32 Å². The number of rotatable bonds is 2. The molecule has 5 heteroatoms. The molecule has 0 aliphatic carbocycles. The third-order valence-electron chi connectivity index (χ3n) is 2.91. The lowest BCUT2D eigenvalue weighted by molar-refractivity contribution is -0.115. The average molecular weight is 282 g/mol. The SMILES string of the molecule is O=C1Cc2cc(C(Cl)c3ccco3)c(Cl)cc2N1. The Morgan fingerprint density at radius 2 is 2.22 bits per heavy atom. The van der Waals surface area contributed by atoms with Crippen molar-refractivity contribution in [2.75, 3.05) is 5.32 Å². The first-order valence-corrected chi connectivity index (χ1v) is 6.26. The van der Waals surface area contributed by atoms with Gasteiger partial charge in [-0.1, -0.05) is 11.6 Å². The van der Waals surface area contributed by atoms with Crippen molar-refractivity contribution in [2.45, 2.75) is 11.8 Å². The van der Waals surface area contributed by atoms with Gasteiger partial charge in [-0.25, -0.2) is 0 Å². The first kappa shape index (κ1) is 11.6. The Labute approximate surface area is 114 Å². The molecule has 0 spiro atoms. The maximum absolute atomic E-state index is 11.3. The summed E-state index contributed by atoms with van der Waals surface area (Å²) in [6.07, 6.45) is 1.93. The predicted molar refractivity (Wildman–Crippen MR) is 70.2 cm³/mol. The van der Waals surface area contributed by atoms with Crippen LogP contribution >= 0.6 is 23.2 Å². The number of hydrogen-bond acceptors (Lipinski definition) is 2. The van der Waals surface area contributed by atoms with Crippen LogP contribution in [0.3, 0.4) is 0 Å². The van der Waals surface area contributed by atoms with Gasteiger partial charge in [0.1, 0.15) is 11.1 Å². The van der Waals surface area contributed by atoms with Gasteiger partial charge in [0.25, 0.3) is 0 Å². The van der Waals surface area contributed by atoms with Gasteiger partial charge in [-0.3, -0.25) is 4.79 Å². The second-order valence-corrected chi connectivity index (χ2v) is 4.98. The standard InChI is InChI=1S/C13H9Cl2NO2/c14-9-6-10-7(5-12(17)16-10)4-8(9)13(15)11-2-1-3-18-11/h1-4,6,13H,5H2,(H,16,17). The fourth-order valence-corrected chi connectivity index (χ4v) is 2.68. The van der Waals surface area contributed by atoms with Gasteiger partial charge in [-0.15, -0.1) is 11.6 Å². The summed E-state index contributed by atoms with van der Waals surface area (Å²) in [5.41, 5.74) is 2.43. The second kappa shape index (κ2) is 4.34. The molecule has 1 unspecified atom stereocenters. The zero-order valence-corrected chi connectivity index (χ0v) is 10.8. The van der Waals surface area contributed by atoms with Gasteiger partial charge >= 0.3 is 0 Å². The number of amides is 1. The molecule has 1 aromatic carbocycles. The minimum absolute atomic E-state index is 0.0256. The van der Waals surface area contributed by atoms with E-state index in [0.29, 0.717) is 17.2 Å². The smallest absolute Gasteiger partial charge is 0.228 e. The van der Waals surface area contributed by atoms with E-state index in [9.17, 15) is 4.79 Å². The normalized spacial score (nSPS) is 15.3. The molecule has 1 atom stereocenters. The third kappa shape index (κ3) is 1.89. The van der Waals surface area contributed by atoms with Crippen LogP contribution in [0.15, 0.2) is 34.9 Å². The molecular formula is C13H9Cl2NO2. The molecule has 3 rings (SSSR count). The largest absolute Gasteiger partial charge is 0.467 e. The molecule has 2 aromatic rings. The number of anilines is 1. The molecule has 1 amide bonds. The Balaban J connectivity index is 2.03. The van der Waals surface area contributed by atoms with Crippen molar-refractivity contribution in [3.8, 4) is 0 Å². The summed E-state index contributed by atoms with van der Waals surface area (Å²) < 4.78 is 5.27. The molecule has 0 radical (unpaired) electrons. The van der Waals surface area contributed by atoms with Crippen LogP contribution in [-0.2, 0) is 11.2 Å². The first-order chi connectivity index (χ1) is 8.65. The van der Waals surface area contributed by atoms with Crippen molar-refractivity contribution in [1.29, 1.82) is 0 Å². The Hall–Kier alpha value is -1.45. The number of carbonyl (C=O) groups is 1. The Morgan fingerprint density at radius 3 is 2.94 bits per heavy atom. The highest BCUT2D eigenvalue weighted by molar-refractivity contribution is 6.33. The number of hydrogen-bond donors (Lipinski definition) is 1. The van der Waals surface area contributed by atoms with Gasteiger partial charge in [-0.2, -0.15) is 0 Å². The molecule has 0 saturated carbocycles. The quantitative estimate of drug-likeness (QED) is 0.852. The lowest BCUT2D eigenvalue weighted by atomic mass is 10.0. The third-order valence-corrected chi connectivity index (χ3v) is 3.69. The van der Waals surface area contributed by atoms with Crippen molar-refractivity contribution >= 4 is 34.8 Å². The molecular weight excluding hydrogens is 273 g/mol. The molecule has 2 heterocycles. The molecule has 92 valence electrons. The summed E-state index contributed by atoms with van der Waals surface area (Å²) in [5.74, 6) is 0.609. The number of nitrogens with one attached hydrogen (secondary N) is 1. The molecule has 1 aliphatic heterocycles. The van der Waals surface area contributed by atoms with Crippen LogP contribution in [0, 0.1) is 0 Å². The van der Waals surface area contributed by atoms with E-state index in [1.807, 2.05) is 6.07 Å². The van der Waals surface area contributed by atoms with E-state index in [-0.39, 0.29) is 5.91 Å². The van der Waals surface area contributed by atoms with Crippen molar-refractivity contribution in [2.24, 2.45) is 0 Å². The highest BCUT2D eigenvalue weighted by Crippen LogP contribution is 2.38. The summed E-state index contributed by atoms with van der Waals surface area (Å²) in [6.45, 7) is 0.